The molecule has 90 valence electrons. The van der Waals surface area contributed by atoms with Crippen LogP contribution in [0.15, 0.2) is 12.1 Å². The number of anilines is 2. The molecule has 1 rings (SSSR count). The zero-order valence-electron chi connectivity index (χ0n) is 10.1. The van der Waals surface area contributed by atoms with E-state index in [2.05, 4.69) is 9.88 Å². The fraction of sp³-hybridized carbons (Fsp3) is 0.583. The Morgan fingerprint density at radius 3 is 2.69 bits per heavy atom. The quantitative estimate of drug-likeness (QED) is 0.719. The number of aromatic nitrogens is 1. The molecule has 0 atom stereocenters. The van der Waals surface area contributed by atoms with Gasteiger partial charge in [0.25, 0.3) is 0 Å². The lowest BCUT2D eigenvalue weighted by atomic mass is 10.2. The minimum absolute atomic E-state index is 0.281. The first-order chi connectivity index (χ1) is 7.65. The van der Waals surface area contributed by atoms with Gasteiger partial charge in [0.2, 0.25) is 0 Å². The smallest absolute Gasteiger partial charge is 0.128 e. The van der Waals surface area contributed by atoms with E-state index in [1.54, 1.807) is 0 Å². The lowest BCUT2D eigenvalue weighted by Gasteiger charge is -2.18. The number of pyridine rings is 1. The average molecular weight is 223 g/mol. The number of hydrogen-bond acceptors (Lipinski definition) is 4. The normalized spacial score (nSPS) is 10.4. The van der Waals surface area contributed by atoms with Gasteiger partial charge in [-0.1, -0.05) is 0 Å². The molecule has 0 aliphatic heterocycles. The first kappa shape index (κ1) is 12.8. The van der Waals surface area contributed by atoms with Crippen molar-refractivity contribution < 1.29 is 5.11 Å². The van der Waals surface area contributed by atoms with Crippen LogP contribution >= 0.6 is 0 Å². The van der Waals surface area contributed by atoms with E-state index in [0.717, 1.165) is 43.0 Å². The number of nitrogens with zero attached hydrogens (tertiary/aromatic N) is 2. The standard InChI is InChI=1S/C12H21N3O/c1-10-11(13)6-7-12(14-10)15(2)8-4-3-5-9-16/h6-7,16H,3-5,8-9,13H2,1-2H3. The van der Waals surface area contributed by atoms with Crippen molar-refractivity contribution in [3.05, 3.63) is 17.8 Å². The van der Waals surface area contributed by atoms with E-state index in [-0.39, 0.29) is 6.61 Å². The van der Waals surface area contributed by atoms with E-state index >= 15 is 0 Å². The highest BCUT2D eigenvalue weighted by atomic mass is 16.2. The first-order valence-corrected chi connectivity index (χ1v) is 5.70. The van der Waals surface area contributed by atoms with Gasteiger partial charge in [0, 0.05) is 20.2 Å². The zero-order chi connectivity index (χ0) is 12.0. The third kappa shape index (κ3) is 3.70. The topological polar surface area (TPSA) is 62.4 Å². The number of unbranched alkanes of at least 4 members (excludes halogenated alkanes) is 2. The summed E-state index contributed by atoms with van der Waals surface area (Å²) in [6.07, 6.45) is 3.00. The van der Waals surface area contributed by atoms with Crippen LogP contribution in [0.25, 0.3) is 0 Å². The molecule has 4 nitrogen and oxygen atoms in total. The molecule has 0 unspecified atom stereocenters. The van der Waals surface area contributed by atoms with Gasteiger partial charge in [-0.15, -0.1) is 0 Å². The van der Waals surface area contributed by atoms with Gasteiger partial charge >= 0.3 is 0 Å². The number of nitrogen functional groups attached to an aromatic ring is 1. The van der Waals surface area contributed by atoms with Gasteiger partial charge in [-0.3, -0.25) is 0 Å². The van der Waals surface area contributed by atoms with E-state index in [4.69, 9.17) is 10.8 Å². The Morgan fingerprint density at radius 1 is 1.31 bits per heavy atom. The van der Waals surface area contributed by atoms with Crippen LogP contribution in [0.5, 0.6) is 0 Å². The predicted octanol–water partition coefficient (Wildman–Crippen LogP) is 1.57. The minimum atomic E-state index is 0.281. The second-order valence-corrected chi connectivity index (χ2v) is 4.05. The lowest BCUT2D eigenvalue weighted by Crippen LogP contribution is -2.20. The molecule has 0 aliphatic carbocycles. The van der Waals surface area contributed by atoms with Crippen molar-refractivity contribution in [2.45, 2.75) is 26.2 Å². The molecular weight excluding hydrogens is 202 g/mol. The van der Waals surface area contributed by atoms with Crippen molar-refractivity contribution in [1.82, 2.24) is 4.98 Å². The van der Waals surface area contributed by atoms with Crippen molar-refractivity contribution >= 4 is 11.5 Å². The maximum absolute atomic E-state index is 8.68. The largest absolute Gasteiger partial charge is 0.397 e. The fourth-order valence-electron chi connectivity index (χ4n) is 1.52. The monoisotopic (exact) mass is 223 g/mol. The van der Waals surface area contributed by atoms with Crippen LogP contribution in [-0.2, 0) is 0 Å². The van der Waals surface area contributed by atoms with Crippen LogP contribution in [0.3, 0.4) is 0 Å². The van der Waals surface area contributed by atoms with Crippen molar-refractivity contribution in [1.29, 1.82) is 0 Å². The molecule has 0 spiro atoms. The van der Waals surface area contributed by atoms with Gasteiger partial charge in [0.05, 0.1) is 11.4 Å². The summed E-state index contributed by atoms with van der Waals surface area (Å²) in [7, 11) is 2.02. The van der Waals surface area contributed by atoms with E-state index in [0.29, 0.717) is 0 Å². The molecule has 0 amide bonds. The molecule has 1 aromatic rings. The van der Waals surface area contributed by atoms with Crippen LogP contribution in [0, 0.1) is 6.92 Å². The molecule has 0 aromatic carbocycles. The Labute approximate surface area is 97.1 Å². The molecule has 1 heterocycles. The van der Waals surface area contributed by atoms with E-state index in [9.17, 15) is 0 Å². The van der Waals surface area contributed by atoms with E-state index < -0.39 is 0 Å². The van der Waals surface area contributed by atoms with Gasteiger partial charge in [0.1, 0.15) is 5.82 Å². The number of aryl methyl sites for hydroxylation is 1. The Bertz CT molecular complexity index is 328. The average Bonchev–Trinajstić information content (AvgIpc) is 2.28. The number of aliphatic hydroxyl groups excluding tert-OH is 1. The Balaban J connectivity index is 2.46. The van der Waals surface area contributed by atoms with Gasteiger partial charge in [-0.25, -0.2) is 4.98 Å². The molecule has 0 radical (unpaired) electrons. The van der Waals surface area contributed by atoms with Crippen LogP contribution in [0.1, 0.15) is 25.0 Å². The molecule has 0 saturated carbocycles. The summed E-state index contributed by atoms with van der Waals surface area (Å²) < 4.78 is 0. The van der Waals surface area contributed by atoms with E-state index in [1.165, 1.54) is 0 Å². The summed E-state index contributed by atoms with van der Waals surface area (Å²) in [6.45, 7) is 3.15. The van der Waals surface area contributed by atoms with Gasteiger partial charge in [-0.2, -0.15) is 0 Å². The first-order valence-electron chi connectivity index (χ1n) is 5.70. The summed E-state index contributed by atoms with van der Waals surface area (Å²) >= 11 is 0. The third-order valence-electron chi connectivity index (χ3n) is 2.65. The predicted molar refractivity (Wildman–Crippen MR) is 67.6 cm³/mol. The van der Waals surface area contributed by atoms with Crippen LogP contribution in [0.4, 0.5) is 11.5 Å². The summed E-state index contributed by atoms with van der Waals surface area (Å²) in [5, 5.41) is 8.68. The zero-order valence-corrected chi connectivity index (χ0v) is 10.1. The maximum Gasteiger partial charge on any atom is 0.128 e. The SMILES string of the molecule is Cc1nc(N(C)CCCCCO)ccc1N. The lowest BCUT2D eigenvalue weighted by molar-refractivity contribution is 0.283. The minimum Gasteiger partial charge on any atom is -0.397 e. The van der Waals surface area contributed by atoms with Crippen molar-refractivity contribution in [2.75, 3.05) is 30.8 Å². The number of hydrogen-bond donors (Lipinski definition) is 2. The number of aliphatic hydroxyl groups is 1. The fourth-order valence-corrected chi connectivity index (χ4v) is 1.52. The molecule has 1 aromatic heterocycles. The molecule has 0 aliphatic rings. The second kappa shape index (κ2) is 6.33. The summed E-state index contributed by atoms with van der Waals surface area (Å²) in [4.78, 5) is 6.54. The van der Waals surface area contributed by atoms with Gasteiger partial charge < -0.3 is 15.7 Å². The molecule has 4 heteroatoms. The van der Waals surface area contributed by atoms with Crippen molar-refractivity contribution in [3.8, 4) is 0 Å². The number of nitrogens with two attached hydrogens (primary N) is 1. The highest BCUT2D eigenvalue weighted by molar-refractivity contribution is 5.49. The van der Waals surface area contributed by atoms with Gasteiger partial charge in [0.15, 0.2) is 0 Å². The molecule has 3 N–H and O–H groups in total. The Morgan fingerprint density at radius 2 is 2.06 bits per heavy atom. The maximum atomic E-state index is 8.68. The highest BCUT2D eigenvalue weighted by Gasteiger charge is 2.03. The van der Waals surface area contributed by atoms with Crippen molar-refractivity contribution in [3.63, 3.8) is 0 Å². The third-order valence-corrected chi connectivity index (χ3v) is 2.65. The van der Waals surface area contributed by atoms with Crippen LogP contribution in [-0.4, -0.2) is 30.3 Å². The van der Waals surface area contributed by atoms with Crippen LogP contribution in [0.2, 0.25) is 0 Å². The molecule has 16 heavy (non-hydrogen) atoms. The molecular formula is C12H21N3O. The van der Waals surface area contributed by atoms with Crippen LogP contribution < -0.4 is 10.6 Å². The summed E-state index contributed by atoms with van der Waals surface area (Å²) in [5.74, 6) is 0.954. The molecule has 0 saturated heterocycles. The molecule has 0 fully saturated rings. The van der Waals surface area contributed by atoms with Gasteiger partial charge in [-0.05, 0) is 38.3 Å². The molecule has 0 bridgehead atoms. The Hall–Kier alpha value is -1.29. The van der Waals surface area contributed by atoms with E-state index in [1.807, 2.05) is 26.1 Å². The summed E-state index contributed by atoms with van der Waals surface area (Å²) in [6, 6.07) is 3.83. The second-order valence-electron chi connectivity index (χ2n) is 4.05. The Kier molecular flexibility index (Phi) is 5.05. The van der Waals surface area contributed by atoms with Crippen molar-refractivity contribution in [2.24, 2.45) is 0 Å². The number of rotatable bonds is 6. The highest BCUT2D eigenvalue weighted by Crippen LogP contribution is 2.15. The summed E-state index contributed by atoms with van der Waals surface area (Å²) in [5.41, 5.74) is 7.33.